The molecule has 1 N–H and O–H groups in total. The highest BCUT2D eigenvalue weighted by Crippen LogP contribution is 2.06. The highest BCUT2D eigenvalue weighted by atomic mass is 16.5. The lowest BCUT2D eigenvalue weighted by Gasteiger charge is -2.24. The Hall–Kier alpha value is -0.880. The molecule has 1 aromatic rings. The third-order valence-electron chi connectivity index (χ3n) is 2.80. The molecule has 0 aliphatic heterocycles. The molecule has 0 aliphatic rings. The van der Waals surface area contributed by atoms with Crippen molar-refractivity contribution in [1.29, 1.82) is 0 Å². The maximum Gasteiger partial charge on any atom is 0.117 e. The Morgan fingerprint density at radius 1 is 1.35 bits per heavy atom. The molecule has 0 saturated carbocycles. The minimum atomic E-state index is -0.499. The Bertz CT molecular complexity index is 327. The summed E-state index contributed by atoms with van der Waals surface area (Å²) in [5.41, 5.74) is 0. The van der Waals surface area contributed by atoms with Gasteiger partial charge in [0, 0.05) is 26.8 Å². The smallest absolute Gasteiger partial charge is 0.117 e. The van der Waals surface area contributed by atoms with Crippen LogP contribution in [0.1, 0.15) is 19.6 Å². The van der Waals surface area contributed by atoms with Crippen molar-refractivity contribution < 1.29 is 19.0 Å². The van der Waals surface area contributed by atoms with Gasteiger partial charge in [0.05, 0.1) is 32.1 Å². The molecule has 0 bridgehead atoms. The summed E-state index contributed by atoms with van der Waals surface area (Å²) in [4.78, 5) is 2.10. The first kappa shape index (κ1) is 17.2. The number of furan rings is 1. The van der Waals surface area contributed by atoms with Crippen LogP contribution in [0, 0.1) is 5.92 Å². The number of rotatable bonds is 11. The maximum absolute atomic E-state index is 10.0. The van der Waals surface area contributed by atoms with Crippen molar-refractivity contribution >= 4 is 0 Å². The summed E-state index contributed by atoms with van der Waals surface area (Å²) < 4.78 is 15.9. The van der Waals surface area contributed by atoms with Crippen LogP contribution in [0.4, 0.5) is 0 Å². The van der Waals surface area contributed by atoms with Crippen molar-refractivity contribution in [2.75, 3.05) is 40.0 Å². The van der Waals surface area contributed by atoms with E-state index in [2.05, 4.69) is 18.7 Å². The van der Waals surface area contributed by atoms with Crippen LogP contribution in [-0.4, -0.2) is 56.1 Å². The Morgan fingerprint density at radius 3 is 2.75 bits per heavy atom. The molecule has 5 nitrogen and oxygen atoms in total. The molecule has 116 valence electrons. The topological polar surface area (TPSA) is 55.1 Å². The molecule has 0 aromatic carbocycles. The van der Waals surface area contributed by atoms with E-state index in [-0.39, 0.29) is 0 Å². The molecular weight excluding hydrogens is 258 g/mol. The lowest BCUT2D eigenvalue weighted by Crippen LogP contribution is -2.36. The minimum Gasteiger partial charge on any atom is -0.468 e. The van der Waals surface area contributed by atoms with Gasteiger partial charge in [-0.2, -0.15) is 0 Å². The van der Waals surface area contributed by atoms with E-state index in [9.17, 15) is 5.11 Å². The summed E-state index contributed by atoms with van der Waals surface area (Å²) in [5.74, 6) is 1.37. The van der Waals surface area contributed by atoms with Gasteiger partial charge in [0.2, 0.25) is 0 Å². The summed E-state index contributed by atoms with van der Waals surface area (Å²) in [5, 5.41) is 10.0. The van der Waals surface area contributed by atoms with Gasteiger partial charge in [-0.05, 0) is 18.1 Å². The van der Waals surface area contributed by atoms with Crippen LogP contribution >= 0.6 is 0 Å². The van der Waals surface area contributed by atoms with Crippen LogP contribution in [-0.2, 0) is 16.0 Å². The Kier molecular flexibility index (Phi) is 8.53. The Balaban J connectivity index is 2.34. The van der Waals surface area contributed by atoms with E-state index in [1.807, 2.05) is 12.1 Å². The molecule has 0 aliphatic carbocycles. The van der Waals surface area contributed by atoms with Gasteiger partial charge < -0.3 is 19.0 Å². The standard InChI is InChI=1S/C15H27NO4/c1-13(2)11-19-12-14(17)9-16(6-8-18-3)10-15-5-4-7-20-15/h4-5,7,13-14,17H,6,8-12H2,1-3H3/t14-/m0/s1. The summed E-state index contributed by atoms with van der Waals surface area (Å²) in [6.07, 6.45) is 1.16. The second-order valence-corrected chi connectivity index (χ2v) is 5.39. The van der Waals surface area contributed by atoms with Gasteiger partial charge in [-0.15, -0.1) is 0 Å². The van der Waals surface area contributed by atoms with Crippen molar-refractivity contribution in [2.24, 2.45) is 5.92 Å². The van der Waals surface area contributed by atoms with Gasteiger partial charge >= 0.3 is 0 Å². The normalized spacial score (nSPS) is 13.3. The largest absolute Gasteiger partial charge is 0.468 e. The van der Waals surface area contributed by atoms with Gasteiger partial charge in [-0.3, -0.25) is 4.90 Å². The van der Waals surface area contributed by atoms with Gasteiger partial charge in [0.1, 0.15) is 5.76 Å². The molecule has 1 rings (SSSR count). The number of hydrogen-bond acceptors (Lipinski definition) is 5. The lowest BCUT2D eigenvalue weighted by atomic mass is 10.2. The van der Waals surface area contributed by atoms with Crippen molar-refractivity contribution in [1.82, 2.24) is 4.90 Å². The van der Waals surface area contributed by atoms with Crippen LogP contribution in [0.15, 0.2) is 22.8 Å². The van der Waals surface area contributed by atoms with Crippen molar-refractivity contribution in [3.63, 3.8) is 0 Å². The number of hydrogen-bond donors (Lipinski definition) is 1. The zero-order valence-electron chi connectivity index (χ0n) is 12.7. The SMILES string of the molecule is COCCN(Cc1ccco1)C[C@H](O)COCC(C)C. The first-order chi connectivity index (χ1) is 9.61. The molecule has 0 radical (unpaired) electrons. The monoisotopic (exact) mass is 285 g/mol. The van der Waals surface area contributed by atoms with Crippen LogP contribution in [0.3, 0.4) is 0 Å². The zero-order chi connectivity index (χ0) is 14.8. The summed E-state index contributed by atoms with van der Waals surface area (Å²) in [7, 11) is 1.67. The van der Waals surface area contributed by atoms with Crippen LogP contribution in [0.5, 0.6) is 0 Å². The molecule has 1 atom stereocenters. The molecule has 5 heteroatoms. The van der Waals surface area contributed by atoms with Gasteiger partial charge in [-0.25, -0.2) is 0 Å². The average molecular weight is 285 g/mol. The van der Waals surface area contributed by atoms with Crippen molar-refractivity contribution in [3.05, 3.63) is 24.2 Å². The molecule has 0 unspecified atom stereocenters. The van der Waals surface area contributed by atoms with Gasteiger partial charge in [0.25, 0.3) is 0 Å². The molecule has 20 heavy (non-hydrogen) atoms. The fraction of sp³-hybridized carbons (Fsp3) is 0.733. The zero-order valence-corrected chi connectivity index (χ0v) is 12.7. The number of methoxy groups -OCH3 is 1. The molecule has 0 saturated heterocycles. The van der Waals surface area contributed by atoms with E-state index < -0.39 is 6.10 Å². The maximum atomic E-state index is 10.0. The van der Waals surface area contributed by atoms with Crippen LogP contribution < -0.4 is 0 Å². The van der Waals surface area contributed by atoms with E-state index in [1.165, 1.54) is 0 Å². The fourth-order valence-corrected chi connectivity index (χ4v) is 1.87. The third kappa shape index (κ3) is 7.65. The second kappa shape index (κ2) is 9.94. The predicted octanol–water partition coefficient (Wildman–Crippen LogP) is 1.76. The van der Waals surface area contributed by atoms with Crippen LogP contribution in [0.25, 0.3) is 0 Å². The molecular formula is C15H27NO4. The first-order valence-electron chi connectivity index (χ1n) is 7.11. The van der Waals surface area contributed by atoms with Crippen molar-refractivity contribution in [2.45, 2.75) is 26.5 Å². The average Bonchev–Trinajstić information content (AvgIpc) is 2.88. The molecule has 0 spiro atoms. The number of aliphatic hydroxyl groups excluding tert-OH is 1. The molecule has 0 fully saturated rings. The van der Waals surface area contributed by atoms with Crippen molar-refractivity contribution in [3.8, 4) is 0 Å². The molecule has 0 amide bonds. The molecule has 1 heterocycles. The molecule has 1 aromatic heterocycles. The summed E-state index contributed by atoms with van der Waals surface area (Å²) in [6.45, 7) is 7.80. The third-order valence-corrected chi connectivity index (χ3v) is 2.80. The fourth-order valence-electron chi connectivity index (χ4n) is 1.87. The first-order valence-corrected chi connectivity index (χ1v) is 7.11. The lowest BCUT2D eigenvalue weighted by molar-refractivity contribution is 0.00235. The van der Waals surface area contributed by atoms with Gasteiger partial charge in [-0.1, -0.05) is 13.8 Å². The quantitative estimate of drug-likeness (QED) is 0.671. The highest BCUT2D eigenvalue weighted by molar-refractivity contribution is 4.97. The Morgan fingerprint density at radius 2 is 2.15 bits per heavy atom. The van der Waals surface area contributed by atoms with E-state index in [1.54, 1.807) is 13.4 Å². The number of ether oxygens (including phenoxy) is 2. The van der Waals surface area contributed by atoms with E-state index in [0.717, 1.165) is 12.3 Å². The van der Waals surface area contributed by atoms with E-state index >= 15 is 0 Å². The second-order valence-electron chi connectivity index (χ2n) is 5.39. The highest BCUT2D eigenvalue weighted by Gasteiger charge is 2.13. The van der Waals surface area contributed by atoms with E-state index in [0.29, 0.717) is 38.8 Å². The minimum absolute atomic E-state index is 0.361. The van der Waals surface area contributed by atoms with Gasteiger partial charge in [0.15, 0.2) is 0 Å². The summed E-state index contributed by atoms with van der Waals surface area (Å²) in [6, 6.07) is 3.80. The number of aliphatic hydroxyl groups is 1. The Labute approximate surface area is 121 Å². The van der Waals surface area contributed by atoms with E-state index in [4.69, 9.17) is 13.9 Å². The van der Waals surface area contributed by atoms with Crippen LogP contribution in [0.2, 0.25) is 0 Å². The summed E-state index contributed by atoms with van der Waals surface area (Å²) >= 11 is 0. The number of nitrogens with zero attached hydrogens (tertiary/aromatic N) is 1. The predicted molar refractivity (Wildman–Crippen MR) is 77.5 cm³/mol.